The molecule has 0 aromatic heterocycles. The van der Waals surface area contributed by atoms with Gasteiger partial charge in [0.05, 0.1) is 12.2 Å². The Morgan fingerprint density at radius 3 is 2.76 bits per heavy atom. The Morgan fingerprint density at radius 2 is 2.00 bits per heavy atom. The summed E-state index contributed by atoms with van der Waals surface area (Å²) < 4.78 is 0. The van der Waals surface area contributed by atoms with Crippen molar-refractivity contribution in [3.63, 3.8) is 0 Å². The predicted molar refractivity (Wildman–Crippen MR) is 96.8 cm³/mol. The van der Waals surface area contributed by atoms with Crippen LogP contribution in [-0.2, 0) is 0 Å². The summed E-state index contributed by atoms with van der Waals surface area (Å²) in [5.74, 6) is 1.77. The molecule has 6 aliphatic carbocycles. The van der Waals surface area contributed by atoms with Gasteiger partial charge in [-0.25, -0.2) is 0 Å². The van der Waals surface area contributed by atoms with Crippen LogP contribution >= 0.6 is 0 Å². The zero-order valence-corrected chi connectivity index (χ0v) is 15.7. The molecule has 7 bridgehead atoms. The molecule has 138 valence electrons. The minimum absolute atomic E-state index is 0.0809. The Bertz CT molecular complexity index is 662. The average molecular weight is 344 g/mol. The molecule has 1 heterocycles. The monoisotopic (exact) mass is 343 g/mol. The number of aliphatic hydroxyl groups excluding tert-OH is 2. The van der Waals surface area contributed by atoms with Crippen LogP contribution < -0.4 is 0 Å². The molecule has 7 rings (SSSR count). The summed E-state index contributed by atoms with van der Waals surface area (Å²) in [5, 5.41) is 22.9. The smallest absolute Gasteiger partial charge is 0.0814 e. The van der Waals surface area contributed by atoms with E-state index in [1.807, 2.05) is 0 Å². The summed E-state index contributed by atoms with van der Waals surface area (Å²) >= 11 is 0. The summed E-state index contributed by atoms with van der Waals surface area (Å²) in [4.78, 5) is 2.77. The lowest BCUT2D eigenvalue weighted by molar-refractivity contribution is -0.227. The SMILES string of the molecule is C=C1[C@H]2CC[C@@]3([C@@H]1O)[C@@H]1C[C@@H]4[C@]5(C)CCC[C@]4(C1N(CC)C5)[C@@H]3[C@H]2O. The molecule has 1 aliphatic heterocycles. The van der Waals surface area contributed by atoms with Gasteiger partial charge in [0, 0.05) is 29.8 Å². The highest BCUT2D eigenvalue weighted by molar-refractivity contribution is 5.38. The first-order chi connectivity index (χ1) is 11.9. The molecular weight excluding hydrogens is 310 g/mol. The first kappa shape index (κ1) is 15.7. The van der Waals surface area contributed by atoms with E-state index in [-0.39, 0.29) is 29.0 Å². The molecular formula is C22H33NO2. The van der Waals surface area contributed by atoms with Gasteiger partial charge in [0.2, 0.25) is 0 Å². The van der Waals surface area contributed by atoms with Gasteiger partial charge in [-0.15, -0.1) is 0 Å². The van der Waals surface area contributed by atoms with Crippen LogP contribution in [0, 0.1) is 39.9 Å². The molecule has 25 heavy (non-hydrogen) atoms. The Morgan fingerprint density at radius 1 is 1.20 bits per heavy atom. The Labute approximate surface area is 151 Å². The van der Waals surface area contributed by atoms with Gasteiger partial charge in [-0.2, -0.15) is 0 Å². The maximum Gasteiger partial charge on any atom is 0.0814 e. The average Bonchev–Trinajstić information content (AvgIpc) is 2.99. The standard InChI is InChI=1S/C22H33NO2/c1-4-23-11-20(3)7-5-8-22-15(20)10-14(18(22)23)21-9-6-13(12(2)19(21)25)16(24)17(21)22/h13-19,24-25H,2,4-11H2,1,3H3/t13-,14-,15-,16+,17-,18?,19-,20-,21-,22-/m1/s1. The van der Waals surface area contributed by atoms with E-state index in [1.165, 1.54) is 32.2 Å². The van der Waals surface area contributed by atoms with Gasteiger partial charge >= 0.3 is 0 Å². The summed E-state index contributed by atoms with van der Waals surface area (Å²) in [5.41, 5.74) is 1.54. The van der Waals surface area contributed by atoms with E-state index < -0.39 is 0 Å². The molecule has 6 saturated carbocycles. The third-order valence-corrected chi connectivity index (χ3v) is 10.5. The zero-order chi connectivity index (χ0) is 17.4. The lowest BCUT2D eigenvalue weighted by Crippen LogP contribution is -2.69. The third kappa shape index (κ3) is 1.34. The van der Waals surface area contributed by atoms with Crippen LogP contribution in [0.15, 0.2) is 12.2 Å². The Kier molecular flexibility index (Phi) is 2.73. The number of rotatable bonds is 1. The van der Waals surface area contributed by atoms with Crippen molar-refractivity contribution in [3.8, 4) is 0 Å². The quantitative estimate of drug-likeness (QED) is 0.720. The molecule has 0 radical (unpaired) electrons. The maximum atomic E-state index is 11.5. The van der Waals surface area contributed by atoms with Crippen LogP contribution in [-0.4, -0.2) is 46.5 Å². The Hall–Kier alpha value is -0.380. The molecule has 0 aromatic carbocycles. The number of hydrogen-bond acceptors (Lipinski definition) is 3. The minimum Gasteiger partial charge on any atom is -0.392 e. The van der Waals surface area contributed by atoms with Gasteiger partial charge in [0.25, 0.3) is 0 Å². The predicted octanol–water partition coefficient (Wildman–Crippen LogP) is 2.82. The summed E-state index contributed by atoms with van der Waals surface area (Å²) in [6.07, 6.45) is 6.75. The fourth-order valence-electron chi connectivity index (χ4n) is 10.1. The largest absolute Gasteiger partial charge is 0.392 e. The number of nitrogens with zero attached hydrogens (tertiary/aromatic N) is 1. The van der Waals surface area contributed by atoms with E-state index >= 15 is 0 Å². The van der Waals surface area contributed by atoms with Crippen molar-refractivity contribution in [2.24, 2.45) is 39.9 Å². The van der Waals surface area contributed by atoms with Crippen LogP contribution in [0.3, 0.4) is 0 Å². The highest BCUT2D eigenvalue weighted by Crippen LogP contribution is 2.83. The van der Waals surface area contributed by atoms with Gasteiger partial charge in [-0.3, -0.25) is 4.90 Å². The van der Waals surface area contributed by atoms with Crippen LogP contribution in [0.2, 0.25) is 0 Å². The highest BCUT2D eigenvalue weighted by atomic mass is 16.3. The van der Waals surface area contributed by atoms with Crippen molar-refractivity contribution >= 4 is 0 Å². The fraction of sp³-hybridized carbons (Fsp3) is 0.909. The van der Waals surface area contributed by atoms with E-state index in [9.17, 15) is 10.2 Å². The van der Waals surface area contributed by atoms with Crippen LogP contribution in [0.25, 0.3) is 0 Å². The van der Waals surface area contributed by atoms with Crippen molar-refractivity contribution in [3.05, 3.63) is 12.2 Å². The minimum atomic E-state index is -0.377. The van der Waals surface area contributed by atoms with Crippen LogP contribution in [0.1, 0.15) is 52.4 Å². The molecule has 7 fully saturated rings. The molecule has 3 heteroatoms. The molecule has 10 atom stereocenters. The lowest BCUT2D eigenvalue weighted by atomic mass is 9.39. The van der Waals surface area contributed by atoms with Gasteiger partial charge < -0.3 is 10.2 Å². The number of fused-ring (bicyclic) bond motifs is 2. The second kappa shape index (κ2) is 4.36. The van der Waals surface area contributed by atoms with Crippen LogP contribution in [0.5, 0.6) is 0 Å². The van der Waals surface area contributed by atoms with Crippen molar-refractivity contribution in [1.82, 2.24) is 4.90 Å². The van der Waals surface area contributed by atoms with E-state index in [0.29, 0.717) is 23.3 Å². The van der Waals surface area contributed by atoms with Crippen molar-refractivity contribution in [2.45, 2.75) is 70.6 Å². The fourth-order valence-corrected chi connectivity index (χ4v) is 10.1. The number of likely N-dealkylation sites (tertiary alicyclic amines) is 1. The third-order valence-electron chi connectivity index (χ3n) is 10.5. The van der Waals surface area contributed by atoms with E-state index in [1.54, 1.807) is 0 Å². The van der Waals surface area contributed by atoms with Gasteiger partial charge in [-0.05, 0) is 66.9 Å². The topological polar surface area (TPSA) is 43.7 Å². The highest BCUT2D eigenvalue weighted by Gasteiger charge is 2.84. The Balaban J connectivity index is 1.60. The van der Waals surface area contributed by atoms with E-state index in [2.05, 4.69) is 25.3 Å². The summed E-state index contributed by atoms with van der Waals surface area (Å²) in [6, 6.07) is 0.592. The lowest BCUT2D eigenvalue weighted by Gasteiger charge is -2.68. The van der Waals surface area contributed by atoms with Gasteiger partial charge in [-0.1, -0.05) is 26.8 Å². The first-order valence-corrected chi connectivity index (χ1v) is 10.7. The van der Waals surface area contributed by atoms with Crippen LogP contribution in [0.4, 0.5) is 0 Å². The first-order valence-electron chi connectivity index (χ1n) is 10.7. The van der Waals surface area contributed by atoms with E-state index in [0.717, 1.165) is 30.9 Å². The molecule has 1 saturated heterocycles. The maximum absolute atomic E-state index is 11.5. The number of aliphatic hydroxyl groups is 2. The van der Waals surface area contributed by atoms with Crippen molar-refractivity contribution in [1.29, 1.82) is 0 Å². The molecule has 2 spiro atoms. The molecule has 0 amide bonds. The van der Waals surface area contributed by atoms with Gasteiger partial charge in [0.15, 0.2) is 0 Å². The summed E-state index contributed by atoms with van der Waals surface area (Å²) in [7, 11) is 0. The molecule has 7 aliphatic rings. The summed E-state index contributed by atoms with van der Waals surface area (Å²) in [6.45, 7) is 11.5. The molecule has 2 N–H and O–H groups in total. The second-order valence-electron chi connectivity index (χ2n) is 10.7. The molecule has 0 aromatic rings. The van der Waals surface area contributed by atoms with E-state index in [4.69, 9.17) is 0 Å². The zero-order valence-electron chi connectivity index (χ0n) is 15.7. The van der Waals surface area contributed by atoms with Crippen molar-refractivity contribution < 1.29 is 10.2 Å². The normalized spacial score (nSPS) is 64.6. The second-order valence-corrected chi connectivity index (χ2v) is 10.7. The van der Waals surface area contributed by atoms with Gasteiger partial charge in [0.1, 0.15) is 0 Å². The molecule has 3 nitrogen and oxygen atoms in total. The van der Waals surface area contributed by atoms with Crippen molar-refractivity contribution in [2.75, 3.05) is 13.1 Å². The molecule has 1 unspecified atom stereocenters. The number of hydrogen-bond donors (Lipinski definition) is 2. The number of piperidine rings is 1.